The van der Waals surface area contributed by atoms with Crippen molar-refractivity contribution in [2.75, 3.05) is 5.32 Å². The molecule has 0 aliphatic rings. The van der Waals surface area contributed by atoms with E-state index >= 15 is 0 Å². The van der Waals surface area contributed by atoms with E-state index < -0.39 is 0 Å². The minimum Gasteiger partial charge on any atom is -0.326 e. The smallest absolute Gasteiger partial charge is 0.224 e. The fraction of sp³-hybridized carbons (Fsp3) is 0.562. The lowest BCUT2D eigenvalue weighted by molar-refractivity contribution is -0.116. The molecule has 0 aromatic heterocycles. The van der Waals surface area contributed by atoms with Gasteiger partial charge in [-0.15, -0.1) is 0 Å². The highest BCUT2D eigenvalue weighted by atomic mass is 16.1. The molecule has 0 saturated carbocycles. The maximum absolute atomic E-state index is 11.8. The number of nitrogens with two attached hydrogens (primary N) is 1. The minimum atomic E-state index is -0.294. The van der Waals surface area contributed by atoms with Crippen molar-refractivity contribution in [2.45, 2.75) is 58.4 Å². The van der Waals surface area contributed by atoms with Crippen LogP contribution in [-0.4, -0.2) is 11.4 Å². The Morgan fingerprint density at radius 3 is 2.37 bits per heavy atom. The average molecular weight is 262 g/mol. The zero-order chi connectivity index (χ0) is 14.5. The molecule has 1 unspecified atom stereocenters. The van der Waals surface area contributed by atoms with Crippen molar-refractivity contribution < 1.29 is 4.79 Å². The van der Waals surface area contributed by atoms with E-state index in [4.69, 9.17) is 5.73 Å². The molecule has 106 valence electrons. The third-order valence-electron chi connectivity index (χ3n) is 3.37. The molecule has 3 heteroatoms. The average Bonchev–Trinajstić information content (AvgIpc) is 2.35. The number of rotatable bonds is 6. The van der Waals surface area contributed by atoms with E-state index in [-0.39, 0.29) is 11.4 Å². The van der Waals surface area contributed by atoms with E-state index in [1.54, 1.807) is 0 Å². The maximum Gasteiger partial charge on any atom is 0.224 e. The quantitative estimate of drug-likeness (QED) is 0.822. The van der Waals surface area contributed by atoms with Crippen molar-refractivity contribution in [3.8, 4) is 0 Å². The Balaban J connectivity index is 2.51. The predicted molar refractivity (Wildman–Crippen MR) is 81.3 cm³/mol. The van der Waals surface area contributed by atoms with Gasteiger partial charge in [-0.3, -0.25) is 4.79 Å². The van der Waals surface area contributed by atoms with Crippen molar-refractivity contribution in [1.82, 2.24) is 0 Å². The SMILES string of the molecule is CCC(C)c1ccc(NC(=O)CCC(C)(C)N)cc1. The summed E-state index contributed by atoms with van der Waals surface area (Å²) < 4.78 is 0. The number of hydrogen-bond donors (Lipinski definition) is 2. The molecule has 19 heavy (non-hydrogen) atoms. The van der Waals surface area contributed by atoms with Crippen LogP contribution in [-0.2, 0) is 4.79 Å². The van der Waals surface area contributed by atoms with Gasteiger partial charge in [0.2, 0.25) is 5.91 Å². The number of carbonyl (C=O) groups is 1. The third kappa shape index (κ3) is 5.88. The Kier molecular flexibility index (Phi) is 5.55. The molecular weight excluding hydrogens is 236 g/mol. The number of nitrogens with one attached hydrogen (secondary N) is 1. The van der Waals surface area contributed by atoms with Gasteiger partial charge < -0.3 is 11.1 Å². The van der Waals surface area contributed by atoms with Crippen molar-refractivity contribution in [3.05, 3.63) is 29.8 Å². The predicted octanol–water partition coefficient (Wildman–Crippen LogP) is 3.66. The second-order valence-corrected chi connectivity index (χ2v) is 5.97. The summed E-state index contributed by atoms with van der Waals surface area (Å²) in [6.07, 6.45) is 2.26. The van der Waals surface area contributed by atoms with E-state index in [2.05, 4.69) is 31.3 Å². The van der Waals surface area contributed by atoms with Gasteiger partial charge in [-0.25, -0.2) is 0 Å². The molecule has 1 atom stereocenters. The largest absolute Gasteiger partial charge is 0.326 e. The molecule has 0 heterocycles. The first-order valence-corrected chi connectivity index (χ1v) is 7.00. The van der Waals surface area contributed by atoms with Gasteiger partial charge >= 0.3 is 0 Å². The molecule has 1 rings (SSSR count). The third-order valence-corrected chi connectivity index (χ3v) is 3.37. The molecule has 1 aromatic rings. The summed E-state index contributed by atoms with van der Waals surface area (Å²) in [5, 5.41) is 2.90. The lowest BCUT2D eigenvalue weighted by Crippen LogP contribution is -2.33. The molecule has 0 fully saturated rings. The Labute approximate surface area is 116 Å². The Morgan fingerprint density at radius 2 is 1.89 bits per heavy atom. The lowest BCUT2D eigenvalue weighted by atomic mass is 9.98. The molecule has 0 spiro atoms. The summed E-state index contributed by atoms with van der Waals surface area (Å²) in [6, 6.07) is 8.09. The second kappa shape index (κ2) is 6.71. The molecule has 1 aromatic carbocycles. The minimum absolute atomic E-state index is 0.0230. The normalized spacial score (nSPS) is 13.1. The summed E-state index contributed by atoms with van der Waals surface area (Å²) in [5.41, 5.74) is 7.73. The van der Waals surface area contributed by atoms with Crippen LogP contribution in [0.1, 0.15) is 58.4 Å². The fourth-order valence-corrected chi connectivity index (χ4v) is 1.79. The van der Waals surface area contributed by atoms with Gasteiger partial charge in [0.25, 0.3) is 0 Å². The Bertz CT molecular complexity index is 404. The highest BCUT2D eigenvalue weighted by Crippen LogP contribution is 2.20. The molecule has 3 nitrogen and oxygen atoms in total. The van der Waals surface area contributed by atoms with Crippen LogP contribution in [0.3, 0.4) is 0 Å². The van der Waals surface area contributed by atoms with Crippen LogP contribution in [0.2, 0.25) is 0 Å². The summed E-state index contributed by atoms with van der Waals surface area (Å²) in [7, 11) is 0. The van der Waals surface area contributed by atoms with Crippen LogP contribution >= 0.6 is 0 Å². The Morgan fingerprint density at radius 1 is 1.32 bits per heavy atom. The van der Waals surface area contributed by atoms with Gasteiger partial charge in [0.05, 0.1) is 0 Å². The van der Waals surface area contributed by atoms with Crippen molar-refractivity contribution in [3.63, 3.8) is 0 Å². The van der Waals surface area contributed by atoms with E-state index in [1.807, 2.05) is 26.0 Å². The van der Waals surface area contributed by atoms with E-state index in [0.717, 1.165) is 12.1 Å². The first kappa shape index (κ1) is 15.7. The molecule has 0 aliphatic heterocycles. The van der Waals surface area contributed by atoms with Crippen molar-refractivity contribution in [1.29, 1.82) is 0 Å². The standard InChI is InChI=1S/C16H26N2O/c1-5-12(2)13-6-8-14(9-7-13)18-15(19)10-11-16(3,4)17/h6-9,12H,5,10-11,17H2,1-4H3,(H,18,19). The maximum atomic E-state index is 11.8. The highest BCUT2D eigenvalue weighted by molar-refractivity contribution is 5.90. The number of amides is 1. The van der Waals surface area contributed by atoms with Gasteiger partial charge in [0.1, 0.15) is 0 Å². The van der Waals surface area contributed by atoms with Crippen LogP contribution < -0.4 is 11.1 Å². The zero-order valence-corrected chi connectivity index (χ0v) is 12.5. The monoisotopic (exact) mass is 262 g/mol. The summed E-state index contributed by atoms with van der Waals surface area (Å²) in [6.45, 7) is 8.24. The fourth-order valence-electron chi connectivity index (χ4n) is 1.79. The summed E-state index contributed by atoms with van der Waals surface area (Å²) >= 11 is 0. The molecule has 0 bridgehead atoms. The number of carbonyl (C=O) groups excluding carboxylic acids is 1. The topological polar surface area (TPSA) is 55.1 Å². The first-order chi connectivity index (χ1) is 8.81. The van der Waals surface area contributed by atoms with Crippen LogP contribution in [0.15, 0.2) is 24.3 Å². The lowest BCUT2D eigenvalue weighted by Gasteiger charge is -2.17. The molecular formula is C16H26N2O. The molecule has 1 amide bonds. The van der Waals surface area contributed by atoms with Gasteiger partial charge in [-0.05, 0) is 50.3 Å². The zero-order valence-electron chi connectivity index (χ0n) is 12.5. The van der Waals surface area contributed by atoms with Crippen LogP contribution in [0, 0.1) is 0 Å². The second-order valence-electron chi connectivity index (χ2n) is 5.97. The van der Waals surface area contributed by atoms with Gasteiger partial charge in [0, 0.05) is 17.6 Å². The number of hydrogen-bond acceptors (Lipinski definition) is 2. The van der Waals surface area contributed by atoms with Crippen molar-refractivity contribution >= 4 is 11.6 Å². The van der Waals surface area contributed by atoms with E-state index in [1.165, 1.54) is 5.56 Å². The van der Waals surface area contributed by atoms with Crippen LogP contribution in [0.4, 0.5) is 5.69 Å². The van der Waals surface area contributed by atoms with Crippen LogP contribution in [0.5, 0.6) is 0 Å². The summed E-state index contributed by atoms with van der Waals surface area (Å²) in [4.78, 5) is 11.8. The molecule has 0 radical (unpaired) electrons. The van der Waals surface area contributed by atoms with Gasteiger partial charge in [0.15, 0.2) is 0 Å². The summed E-state index contributed by atoms with van der Waals surface area (Å²) in [5.74, 6) is 0.581. The number of anilines is 1. The van der Waals surface area contributed by atoms with Crippen LogP contribution in [0.25, 0.3) is 0 Å². The number of benzene rings is 1. The Hall–Kier alpha value is -1.35. The first-order valence-electron chi connectivity index (χ1n) is 7.00. The highest BCUT2D eigenvalue weighted by Gasteiger charge is 2.13. The molecule has 0 saturated heterocycles. The van der Waals surface area contributed by atoms with E-state index in [0.29, 0.717) is 18.8 Å². The molecule has 0 aliphatic carbocycles. The van der Waals surface area contributed by atoms with Crippen molar-refractivity contribution in [2.24, 2.45) is 5.73 Å². The molecule has 3 N–H and O–H groups in total. The van der Waals surface area contributed by atoms with E-state index in [9.17, 15) is 4.79 Å². The van der Waals surface area contributed by atoms with Gasteiger partial charge in [-0.2, -0.15) is 0 Å². The van der Waals surface area contributed by atoms with Gasteiger partial charge in [-0.1, -0.05) is 26.0 Å².